The fraction of sp³-hybridized carbons (Fsp3) is 0.625. The van der Waals surface area contributed by atoms with Gasteiger partial charge < -0.3 is 0 Å². The number of halogens is 1. The Balaban J connectivity index is 2.06. The van der Waals surface area contributed by atoms with E-state index in [1.54, 1.807) is 0 Å². The second kappa shape index (κ2) is 5.04. The van der Waals surface area contributed by atoms with E-state index in [1.807, 2.05) is 0 Å². The maximum Gasteiger partial charge on any atom is 0.251 e. The van der Waals surface area contributed by atoms with Crippen molar-refractivity contribution >= 4 is 42.8 Å². The van der Waals surface area contributed by atoms with Crippen LogP contribution in [0.5, 0.6) is 0 Å². The Morgan fingerprint density at radius 3 is 2.78 bits per heavy atom. The Bertz CT molecular complexity index is 637. The molecule has 18 heavy (non-hydrogen) atoms. The average Bonchev–Trinajstić information content (AvgIpc) is 2.82. The van der Waals surface area contributed by atoms with Crippen molar-refractivity contribution in [3.8, 4) is 0 Å². The third kappa shape index (κ3) is 3.02. The standard InChI is InChI=1S/C8H11ClN2O4S3/c9-8-10-5-7(16-8)18(14,15)11-4-6-2-1-3-17(6,12)13/h5-6,11H,1-4H2. The van der Waals surface area contributed by atoms with Gasteiger partial charge in [-0.05, 0) is 12.8 Å². The topological polar surface area (TPSA) is 93.2 Å². The Morgan fingerprint density at radius 2 is 2.28 bits per heavy atom. The summed E-state index contributed by atoms with van der Waals surface area (Å²) in [5, 5.41) is -0.629. The predicted octanol–water partition coefficient (Wildman–Crippen LogP) is 0.652. The quantitative estimate of drug-likeness (QED) is 0.875. The van der Waals surface area contributed by atoms with E-state index in [9.17, 15) is 16.8 Å². The van der Waals surface area contributed by atoms with Gasteiger partial charge in [0.2, 0.25) is 0 Å². The van der Waals surface area contributed by atoms with Crippen molar-refractivity contribution in [2.75, 3.05) is 12.3 Å². The second-order valence-electron chi connectivity index (χ2n) is 3.92. The molecule has 2 heterocycles. The first-order chi connectivity index (χ1) is 8.31. The third-order valence-electron chi connectivity index (χ3n) is 2.68. The van der Waals surface area contributed by atoms with E-state index in [0.29, 0.717) is 12.8 Å². The van der Waals surface area contributed by atoms with Crippen molar-refractivity contribution < 1.29 is 16.8 Å². The van der Waals surface area contributed by atoms with E-state index < -0.39 is 25.1 Å². The van der Waals surface area contributed by atoms with Gasteiger partial charge in [0.25, 0.3) is 10.0 Å². The van der Waals surface area contributed by atoms with Gasteiger partial charge in [-0.1, -0.05) is 22.9 Å². The maximum absolute atomic E-state index is 11.8. The summed E-state index contributed by atoms with van der Waals surface area (Å²) in [4.78, 5) is 3.64. The number of rotatable bonds is 4. The zero-order valence-electron chi connectivity index (χ0n) is 9.17. The molecule has 10 heteroatoms. The Labute approximate surface area is 114 Å². The summed E-state index contributed by atoms with van der Waals surface area (Å²) in [5.41, 5.74) is 0. The summed E-state index contributed by atoms with van der Waals surface area (Å²) in [7, 11) is -6.87. The molecule has 0 bridgehead atoms. The molecule has 102 valence electrons. The van der Waals surface area contributed by atoms with Crippen molar-refractivity contribution in [3.05, 3.63) is 10.7 Å². The van der Waals surface area contributed by atoms with Crippen molar-refractivity contribution in [2.45, 2.75) is 22.3 Å². The van der Waals surface area contributed by atoms with Crippen LogP contribution in [0.3, 0.4) is 0 Å². The maximum atomic E-state index is 11.8. The normalized spacial score (nSPS) is 23.3. The van der Waals surface area contributed by atoms with Crippen LogP contribution in [0, 0.1) is 0 Å². The lowest BCUT2D eigenvalue weighted by Gasteiger charge is -2.09. The van der Waals surface area contributed by atoms with Crippen LogP contribution < -0.4 is 4.72 Å². The molecule has 2 rings (SSSR count). The molecule has 6 nitrogen and oxygen atoms in total. The molecule has 1 aliphatic heterocycles. The summed E-state index contributed by atoms with van der Waals surface area (Å²) in [5.74, 6) is 0.131. The second-order valence-corrected chi connectivity index (χ2v) is 9.92. The molecule has 1 N–H and O–H groups in total. The van der Waals surface area contributed by atoms with Crippen molar-refractivity contribution in [3.63, 3.8) is 0 Å². The summed E-state index contributed by atoms with van der Waals surface area (Å²) in [6.07, 6.45) is 2.23. The zero-order valence-corrected chi connectivity index (χ0v) is 12.4. The van der Waals surface area contributed by atoms with Crippen LogP contribution in [-0.2, 0) is 19.9 Å². The van der Waals surface area contributed by atoms with Gasteiger partial charge in [0.15, 0.2) is 18.5 Å². The van der Waals surface area contributed by atoms with Crippen LogP contribution >= 0.6 is 22.9 Å². The molecular formula is C8H11ClN2O4S3. The molecule has 1 atom stereocenters. The Hall–Kier alpha value is -0.220. The molecule has 0 aromatic carbocycles. The smallest absolute Gasteiger partial charge is 0.232 e. The molecule has 0 spiro atoms. The summed E-state index contributed by atoms with van der Waals surface area (Å²) < 4.78 is 49.2. The zero-order chi connectivity index (χ0) is 13.4. The minimum absolute atomic E-state index is 0.0112. The largest absolute Gasteiger partial charge is 0.251 e. The fourth-order valence-electron chi connectivity index (χ4n) is 1.72. The summed E-state index contributed by atoms with van der Waals surface area (Å²) in [6, 6.07) is 0. The van der Waals surface area contributed by atoms with Crippen molar-refractivity contribution in [2.24, 2.45) is 0 Å². The lowest BCUT2D eigenvalue weighted by atomic mass is 10.2. The van der Waals surface area contributed by atoms with Gasteiger partial charge in [-0.15, -0.1) is 0 Å². The minimum atomic E-state index is -3.72. The van der Waals surface area contributed by atoms with E-state index in [0.717, 1.165) is 17.5 Å². The average molecular weight is 331 g/mol. The van der Waals surface area contributed by atoms with E-state index in [4.69, 9.17) is 11.6 Å². The van der Waals surface area contributed by atoms with Gasteiger partial charge in [-0.2, -0.15) is 0 Å². The van der Waals surface area contributed by atoms with Gasteiger partial charge in [0.1, 0.15) is 0 Å². The molecule has 1 saturated heterocycles. The van der Waals surface area contributed by atoms with Crippen LogP contribution in [0.15, 0.2) is 10.4 Å². The van der Waals surface area contributed by atoms with Gasteiger partial charge >= 0.3 is 0 Å². The van der Waals surface area contributed by atoms with E-state index in [-0.39, 0.29) is 21.0 Å². The van der Waals surface area contributed by atoms with Gasteiger partial charge in [-0.3, -0.25) is 0 Å². The first kappa shape index (κ1) is 14.2. The highest BCUT2D eigenvalue weighted by Crippen LogP contribution is 2.23. The fourth-order valence-corrected chi connectivity index (χ4v) is 6.01. The highest BCUT2D eigenvalue weighted by Gasteiger charge is 2.32. The number of aromatic nitrogens is 1. The molecule has 1 aliphatic rings. The molecule has 0 saturated carbocycles. The molecule has 1 aromatic heterocycles. The van der Waals surface area contributed by atoms with E-state index in [1.165, 1.54) is 0 Å². The number of hydrogen-bond acceptors (Lipinski definition) is 6. The molecule has 0 amide bonds. The lowest BCUT2D eigenvalue weighted by molar-refractivity contribution is 0.572. The van der Waals surface area contributed by atoms with Gasteiger partial charge in [-0.25, -0.2) is 26.5 Å². The number of hydrogen-bond donors (Lipinski definition) is 1. The highest BCUT2D eigenvalue weighted by atomic mass is 35.5. The number of sulfone groups is 1. The van der Waals surface area contributed by atoms with E-state index in [2.05, 4.69) is 9.71 Å². The van der Waals surface area contributed by atoms with Gasteiger partial charge in [0, 0.05) is 6.54 Å². The summed E-state index contributed by atoms with van der Waals surface area (Å²) >= 11 is 6.39. The molecule has 1 fully saturated rings. The highest BCUT2D eigenvalue weighted by molar-refractivity contribution is 7.93. The van der Waals surface area contributed by atoms with Crippen LogP contribution in [0.1, 0.15) is 12.8 Å². The molecular weight excluding hydrogens is 320 g/mol. The predicted molar refractivity (Wildman–Crippen MR) is 69.1 cm³/mol. The van der Waals surface area contributed by atoms with Crippen LogP contribution in [0.2, 0.25) is 4.47 Å². The minimum Gasteiger partial charge on any atom is -0.232 e. The summed E-state index contributed by atoms with van der Waals surface area (Å²) in [6.45, 7) is -0.0970. The van der Waals surface area contributed by atoms with Crippen molar-refractivity contribution in [1.29, 1.82) is 0 Å². The van der Waals surface area contributed by atoms with Gasteiger partial charge in [0.05, 0.1) is 17.2 Å². The molecule has 1 aromatic rings. The van der Waals surface area contributed by atoms with Crippen LogP contribution in [0.25, 0.3) is 0 Å². The molecule has 0 radical (unpaired) electrons. The monoisotopic (exact) mass is 330 g/mol. The SMILES string of the molecule is O=S(=O)(NCC1CCCS1(=O)=O)c1cnc(Cl)s1. The first-order valence-electron chi connectivity index (χ1n) is 5.14. The number of sulfonamides is 1. The number of nitrogens with zero attached hydrogens (tertiary/aromatic N) is 1. The Morgan fingerprint density at radius 1 is 1.56 bits per heavy atom. The first-order valence-corrected chi connectivity index (χ1v) is 9.53. The van der Waals surface area contributed by atoms with Crippen LogP contribution in [0.4, 0.5) is 0 Å². The third-order valence-corrected chi connectivity index (χ3v) is 7.96. The molecule has 0 aliphatic carbocycles. The van der Waals surface area contributed by atoms with Crippen LogP contribution in [-0.4, -0.2) is 39.4 Å². The number of thiazole rings is 1. The Kier molecular flexibility index (Phi) is 3.98. The molecule has 1 unspecified atom stereocenters. The van der Waals surface area contributed by atoms with E-state index >= 15 is 0 Å². The number of nitrogens with one attached hydrogen (secondary N) is 1. The van der Waals surface area contributed by atoms with Crippen molar-refractivity contribution in [1.82, 2.24) is 9.71 Å². The lowest BCUT2D eigenvalue weighted by Crippen LogP contribution is -2.34.